The maximum Gasteiger partial charge on any atom is 0.308 e. The monoisotopic (exact) mass is 237 g/mol. The van der Waals surface area contributed by atoms with Crippen LogP contribution < -0.4 is 0 Å². The van der Waals surface area contributed by atoms with E-state index in [-0.39, 0.29) is 11.7 Å². The average molecular weight is 237 g/mol. The van der Waals surface area contributed by atoms with Gasteiger partial charge in [0.1, 0.15) is 5.82 Å². The highest BCUT2D eigenvalue weighted by molar-refractivity contribution is 5.72. The molecule has 2 rings (SSSR count). The molecule has 1 aromatic rings. The number of benzene rings is 1. The highest BCUT2D eigenvalue weighted by atomic mass is 19.1. The summed E-state index contributed by atoms with van der Waals surface area (Å²) < 4.78 is 12.8. The number of aliphatic carboxylic acids is 1. The molecule has 2 atom stereocenters. The van der Waals surface area contributed by atoms with Gasteiger partial charge in [0.05, 0.1) is 5.92 Å². The summed E-state index contributed by atoms with van der Waals surface area (Å²) in [6, 6.07) is 6.18. The van der Waals surface area contributed by atoms with Crippen LogP contribution in [0.4, 0.5) is 4.39 Å². The van der Waals surface area contributed by atoms with Crippen LogP contribution in [0, 0.1) is 11.7 Å². The van der Waals surface area contributed by atoms with Gasteiger partial charge in [-0.2, -0.15) is 0 Å². The van der Waals surface area contributed by atoms with Crippen molar-refractivity contribution in [3.63, 3.8) is 0 Å². The second-order valence-electron chi connectivity index (χ2n) is 4.65. The number of carbonyl (C=O) groups is 1. The molecule has 1 aliphatic heterocycles. The largest absolute Gasteiger partial charge is 0.481 e. The minimum Gasteiger partial charge on any atom is -0.481 e. The molecule has 1 heterocycles. The Hall–Kier alpha value is -1.42. The van der Waals surface area contributed by atoms with Crippen molar-refractivity contribution in [2.45, 2.75) is 12.3 Å². The number of carboxylic acids is 1. The van der Waals surface area contributed by atoms with Crippen molar-refractivity contribution in [1.82, 2.24) is 4.90 Å². The normalized spacial score (nSPS) is 25.8. The summed E-state index contributed by atoms with van der Waals surface area (Å²) in [6.07, 6.45) is 0.805. The number of carboxylic acid groups (broad SMARTS) is 1. The molecule has 0 bridgehead atoms. The van der Waals surface area contributed by atoms with E-state index in [1.54, 1.807) is 12.1 Å². The van der Waals surface area contributed by atoms with Crippen LogP contribution in [-0.4, -0.2) is 36.1 Å². The third-order valence-corrected chi connectivity index (χ3v) is 3.43. The zero-order valence-electron chi connectivity index (χ0n) is 9.77. The first kappa shape index (κ1) is 12.0. The van der Waals surface area contributed by atoms with Crippen LogP contribution in [0.3, 0.4) is 0 Å². The van der Waals surface area contributed by atoms with E-state index in [9.17, 15) is 14.3 Å². The molecule has 1 unspecified atom stereocenters. The maximum absolute atomic E-state index is 12.8. The standard InChI is InChI=1S/C13H16FNO2/c1-15-7-6-11(12(8-15)13(16)17)9-2-4-10(14)5-3-9/h2-5,11-12H,6-8H2,1H3,(H,16,17)/t11?,12-/m0/s1. The van der Waals surface area contributed by atoms with Gasteiger partial charge < -0.3 is 10.0 Å². The van der Waals surface area contributed by atoms with E-state index < -0.39 is 11.9 Å². The van der Waals surface area contributed by atoms with Gasteiger partial charge in [0, 0.05) is 6.54 Å². The van der Waals surface area contributed by atoms with Gasteiger partial charge in [-0.1, -0.05) is 12.1 Å². The quantitative estimate of drug-likeness (QED) is 0.854. The summed E-state index contributed by atoms with van der Waals surface area (Å²) in [5.41, 5.74) is 0.923. The fraction of sp³-hybridized carbons (Fsp3) is 0.462. The Morgan fingerprint density at radius 3 is 2.65 bits per heavy atom. The van der Waals surface area contributed by atoms with Gasteiger partial charge in [-0.05, 0) is 43.6 Å². The number of rotatable bonds is 2. The second kappa shape index (κ2) is 4.84. The van der Waals surface area contributed by atoms with Crippen molar-refractivity contribution < 1.29 is 14.3 Å². The van der Waals surface area contributed by atoms with E-state index in [1.165, 1.54) is 12.1 Å². The molecule has 0 aromatic heterocycles. The predicted octanol–water partition coefficient (Wildman–Crippen LogP) is 1.95. The molecular weight excluding hydrogens is 221 g/mol. The molecular formula is C13H16FNO2. The van der Waals surface area contributed by atoms with Crippen molar-refractivity contribution in [3.05, 3.63) is 35.6 Å². The molecule has 1 aromatic carbocycles. The van der Waals surface area contributed by atoms with Crippen molar-refractivity contribution in [1.29, 1.82) is 0 Å². The summed E-state index contributed by atoms with van der Waals surface area (Å²) in [6.45, 7) is 1.43. The topological polar surface area (TPSA) is 40.5 Å². The Bertz CT molecular complexity index is 404. The molecule has 0 saturated carbocycles. The Labute approximate surface area is 99.9 Å². The summed E-state index contributed by atoms with van der Waals surface area (Å²) >= 11 is 0. The first-order valence-electron chi connectivity index (χ1n) is 5.74. The lowest BCUT2D eigenvalue weighted by molar-refractivity contribution is -0.144. The molecule has 0 aliphatic carbocycles. The Morgan fingerprint density at radius 1 is 1.41 bits per heavy atom. The van der Waals surface area contributed by atoms with Gasteiger partial charge >= 0.3 is 5.97 Å². The van der Waals surface area contributed by atoms with Gasteiger partial charge in [0.25, 0.3) is 0 Å². The van der Waals surface area contributed by atoms with Crippen molar-refractivity contribution in [3.8, 4) is 0 Å². The van der Waals surface area contributed by atoms with Crippen molar-refractivity contribution in [2.75, 3.05) is 20.1 Å². The van der Waals surface area contributed by atoms with Crippen LogP contribution in [-0.2, 0) is 4.79 Å². The van der Waals surface area contributed by atoms with Gasteiger partial charge in [-0.25, -0.2) is 4.39 Å². The fourth-order valence-corrected chi connectivity index (χ4v) is 2.47. The van der Waals surface area contributed by atoms with Crippen LogP contribution in [0.1, 0.15) is 17.9 Å². The molecule has 1 fully saturated rings. The van der Waals surface area contributed by atoms with E-state index in [1.807, 2.05) is 11.9 Å². The molecule has 0 amide bonds. The number of likely N-dealkylation sites (tertiary alicyclic amines) is 1. The van der Waals surface area contributed by atoms with E-state index in [0.717, 1.165) is 18.5 Å². The van der Waals surface area contributed by atoms with Crippen LogP contribution in [0.15, 0.2) is 24.3 Å². The number of piperidine rings is 1. The maximum atomic E-state index is 12.8. The van der Waals surface area contributed by atoms with Gasteiger partial charge in [-0.15, -0.1) is 0 Å². The highest BCUT2D eigenvalue weighted by Gasteiger charge is 2.33. The Balaban J connectivity index is 2.23. The number of hydrogen-bond acceptors (Lipinski definition) is 2. The summed E-state index contributed by atoms with van der Waals surface area (Å²) in [4.78, 5) is 13.3. The SMILES string of the molecule is CN1CCC(c2ccc(F)cc2)[C@@H](C(=O)O)C1. The molecule has 4 heteroatoms. The van der Waals surface area contributed by atoms with Crippen LogP contribution in [0.25, 0.3) is 0 Å². The molecule has 0 spiro atoms. The van der Waals surface area contributed by atoms with Gasteiger partial charge in [0.2, 0.25) is 0 Å². The lowest BCUT2D eigenvalue weighted by Crippen LogP contribution is -2.40. The lowest BCUT2D eigenvalue weighted by Gasteiger charge is -2.34. The van der Waals surface area contributed by atoms with E-state index >= 15 is 0 Å². The summed E-state index contributed by atoms with van der Waals surface area (Å²) in [7, 11) is 1.93. The number of halogens is 1. The van der Waals surface area contributed by atoms with Crippen molar-refractivity contribution in [2.24, 2.45) is 5.92 Å². The van der Waals surface area contributed by atoms with E-state index in [2.05, 4.69) is 0 Å². The molecule has 17 heavy (non-hydrogen) atoms. The third-order valence-electron chi connectivity index (χ3n) is 3.43. The van der Waals surface area contributed by atoms with Gasteiger partial charge in [0.15, 0.2) is 0 Å². The average Bonchev–Trinajstić information content (AvgIpc) is 2.30. The smallest absolute Gasteiger partial charge is 0.308 e. The molecule has 1 N–H and O–H groups in total. The van der Waals surface area contributed by atoms with Gasteiger partial charge in [-0.3, -0.25) is 4.79 Å². The molecule has 92 valence electrons. The summed E-state index contributed by atoms with van der Waals surface area (Å²) in [5, 5.41) is 9.24. The minimum absolute atomic E-state index is 0.00991. The van der Waals surface area contributed by atoms with Crippen LogP contribution in [0.5, 0.6) is 0 Å². The van der Waals surface area contributed by atoms with Crippen molar-refractivity contribution >= 4 is 5.97 Å². The minimum atomic E-state index is -0.772. The van der Waals surface area contributed by atoms with Crippen LogP contribution >= 0.6 is 0 Å². The first-order chi connectivity index (χ1) is 8.08. The zero-order valence-corrected chi connectivity index (χ0v) is 9.77. The Morgan fingerprint density at radius 2 is 2.06 bits per heavy atom. The predicted molar refractivity (Wildman–Crippen MR) is 62.4 cm³/mol. The molecule has 1 aliphatic rings. The first-order valence-corrected chi connectivity index (χ1v) is 5.74. The number of nitrogens with zero attached hydrogens (tertiary/aromatic N) is 1. The highest BCUT2D eigenvalue weighted by Crippen LogP contribution is 2.32. The van der Waals surface area contributed by atoms with E-state index in [0.29, 0.717) is 6.54 Å². The zero-order chi connectivity index (χ0) is 12.4. The molecule has 0 radical (unpaired) electrons. The van der Waals surface area contributed by atoms with E-state index in [4.69, 9.17) is 0 Å². The fourth-order valence-electron chi connectivity index (χ4n) is 2.47. The number of hydrogen-bond donors (Lipinski definition) is 1. The second-order valence-corrected chi connectivity index (χ2v) is 4.65. The third kappa shape index (κ3) is 2.64. The molecule has 1 saturated heterocycles. The lowest BCUT2D eigenvalue weighted by atomic mass is 9.80. The summed E-state index contributed by atoms with van der Waals surface area (Å²) in [5.74, 6) is -1.47. The molecule has 3 nitrogen and oxygen atoms in total. The van der Waals surface area contributed by atoms with Crippen LogP contribution in [0.2, 0.25) is 0 Å². The Kier molecular flexibility index (Phi) is 3.43.